The minimum Gasteiger partial charge on any atom is -0.480 e. The second-order valence-electron chi connectivity index (χ2n) is 6.86. The van der Waals surface area contributed by atoms with Crippen LogP contribution in [-0.2, 0) is 23.1 Å². The zero-order valence-electron chi connectivity index (χ0n) is 14.3. The molecule has 7 heteroatoms. The third-order valence-electron chi connectivity index (χ3n) is 4.99. The number of carbonyl (C=O) groups is 2. The molecule has 2 heterocycles. The standard InChI is InChI=1S/C19H20N4O3/c1-23-10-12(9-21-23)14-7-15(14)18(24)22-17(19(25)26)6-11-8-20-16-5-3-2-4-13(11)16/h2-5,8-10,14-15,17,20H,6-7H2,1H3,(H,22,24)(H,25,26)/t14-,15-,17-/m1/s1. The molecule has 1 saturated carbocycles. The van der Waals surface area contributed by atoms with E-state index in [2.05, 4.69) is 15.4 Å². The molecule has 1 fully saturated rings. The van der Waals surface area contributed by atoms with Gasteiger partial charge in [-0.15, -0.1) is 0 Å². The van der Waals surface area contributed by atoms with Crippen LogP contribution in [0.15, 0.2) is 42.9 Å². The number of rotatable bonds is 6. The number of carbonyl (C=O) groups excluding carboxylic acids is 1. The molecule has 3 atom stereocenters. The molecule has 1 aliphatic carbocycles. The number of nitrogens with one attached hydrogen (secondary N) is 2. The van der Waals surface area contributed by atoms with Gasteiger partial charge in [0.05, 0.1) is 6.20 Å². The van der Waals surface area contributed by atoms with Gasteiger partial charge in [-0.2, -0.15) is 5.10 Å². The molecule has 0 saturated heterocycles. The Hall–Kier alpha value is -3.09. The molecular weight excluding hydrogens is 332 g/mol. The molecule has 26 heavy (non-hydrogen) atoms. The van der Waals surface area contributed by atoms with Crippen LogP contribution in [-0.4, -0.2) is 37.8 Å². The molecule has 0 bridgehead atoms. The maximum absolute atomic E-state index is 12.5. The summed E-state index contributed by atoms with van der Waals surface area (Å²) in [6.07, 6.45) is 6.45. The van der Waals surface area contributed by atoms with Crippen LogP contribution in [0.4, 0.5) is 0 Å². The maximum atomic E-state index is 12.5. The highest BCUT2D eigenvalue weighted by molar-refractivity contribution is 5.89. The van der Waals surface area contributed by atoms with Gasteiger partial charge in [0.1, 0.15) is 6.04 Å². The third kappa shape index (κ3) is 3.08. The maximum Gasteiger partial charge on any atom is 0.326 e. The SMILES string of the molecule is Cn1cc([C@H]2C[C@H]2C(=O)N[C@H](Cc2c[nH]c3ccccc23)C(=O)O)cn1. The number of aromatic amines is 1. The summed E-state index contributed by atoms with van der Waals surface area (Å²) in [5.74, 6) is -1.27. The smallest absolute Gasteiger partial charge is 0.326 e. The van der Waals surface area contributed by atoms with E-state index in [0.29, 0.717) is 0 Å². The predicted octanol–water partition coefficient (Wildman–Crippen LogP) is 1.82. The second kappa shape index (κ2) is 6.33. The summed E-state index contributed by atoms with van der Waals surface area (Å²) in [4.78, 5) is 27.3. The molecule has 0 aliphatic heterocycles. The number of nitrogens with zero attached hydrogens (tertiary/aromatic N) is 2. The molecule has 1 aliphatic rings. The van der Waals surface area contributed by atoms with Crippen molar-refractivity contribution in [2.24, 2.45) is 13.0 Å². The summed E-state index contributed by atoms with van der Waals surface area (Å²) in [6.45, 7) is 0. The quantitative estimate of drug-likeness (QED) is 0.630. The van der Waals surface area contributed by atoms with E-state index in [1.54, 1.807) is 10.9 Å². The molecular formula is C19H20N4O3. The van der Waals surface area contributed by atoms with E-state index in [-0.39, 0.29) is 24.2 Å². The summed E-state index contributed by atoms with van der Waals surface area (Å²) >= 11 is 0. The van der Waals surface area contributed by atoms with Gasteiger partial charge >= 0.3 is 5.97 Å². The first-order chi connectivity index (χ1) is 12.5. The summed E-state index contributed by atoms with van der Waals surface area (Å²) in [7, 11) is 1.84. The van der Waals surface area contributed by atoms with Gasteiger partial charge in [0.25, 0.3) is 0 Å². The van der Waals surface area contributed by atoms with E-state index in [1.165, 1.54) is 0 Å². The lowest BCUT2D eigenvalue weighted by Crippen LogP contribution is -2.43. The number of benzene rings is 1. The lowest BCUT2D eigenvalue weighted by atomic mass is 10.0. The number of para-hydroxylation sites is 1. The van der Waals surface area contributed by atoms with Crippen LogP contribution in [0.1, 0.15) is 23.5 Å². The highest BCUT2D eigenvalue weighted by Gasteiger charge is 2.45. The molecule has 4 rings (SSSR count). The first-order valence-corrected chi connectivity index (χ1v) is 8.59. The Labute approximate surface area is 150 Å². The van der Waals surface area contributed by atoms with Crippen LogP contribution in [0.2, 0.25) is 0 Å². The van der Waals surface area contributed by atoms with Crippen LogP contribution in [0.5, 0.6) is 0 Å². The van der Waals surface area contributed by atoms with Gasteiger partial charge in [-0.25, -0.2) is 4.79 Å². The Morgan fingerprint density at radius 2 is 2.23 bits per heavy atom. The molecule has 134 valence electrons. The van der Waals surface area contributed by atoms with Crippen molar-refractivity contribution in [2.75, 3.05) is 0 Å². The van der Waals surface area contributed by atoms with Gasteiger partial charge in [-0.3, -0.25) is 9.48 Å². The Kier molecular flexibility index (Phi) is 3.99. The Morgan fingerprint density at radius 1 is 1.42 bits per heavy atom. The molecule has 0 spiro atoms. The lowest BCUT2D eigenvalue weighted by molar-refractivity contribution is -0.142. The number of hydrogen-bond acceptors (Lipinski definition) is 3. The van der Waals surface area contributed by atoms with Crippen molar-refractivity contribution in [3.63, 3.8) is 0 Å². The fourth-order valence-corrected chi connectivity index (χ4v) is 3.48. The number of aliphatic carboxylic acids is 1. The minimum atomic E-state index is -1.03. The normalized spacial score (nSPS) is 20.0. The van der Waals surface area contributed by atoms with E-state index < -0.39 is 12.0 Å². The summed E-state index contributed by atoms with van der Waals surface area (Å²) < 4.78 is 1.71. The van der Waals surface area contributed by atoms with Gasteiger partial charge in [-0.1, -0.05) is 18.2 Å². The van der Waals surface area contributed by atoms with Gasteiger partial charge in [0.2, 0.25) is 5.91 Å². The number of aryl methyl sites for hydroxylation is 1. The fraction of sp³-hybridized carbons (Fsp3) is 0.316. The molecule has 7 nitrogen and oxygen atoms in total. The van der Waals surface area contributed by atoms with Crippen LogP contribution >= 0.6 is 0 Å². The van der Waals surface area contributed by atoms with Gasteiger partial charge in [0.15, 0.2) is 0 Å². The van der Waals surface area contributed by atoms with Crippen LogP contribution in [0.25, 0.3) is 10.9 Å². The monoisotopic (exact) mass is 352 g/mol. The molecule has 0 unspecified atom stereocenters. The van der Waals surface area contributed by atoms with Gasteiger partial charge in [-0.05, 0) is 29.5 Å². The molecule has 2 aromatic heterocycles. The number of amides is 1. The fourth-order valence-electron chi connectivity index (χ4n) is 3.48. The van der Waals surface area contributed by atoms with Crippen molar-refractivity contribution < 1.29 is 14.7 Å². The zero-order valence-corrected chi connectivity index (χ0v) is 14.3. The van der Waals surface area contributed by atoms with Crippen molar-refractivity contribution >= 4 is 22.8 Å². The number of carboxylic acids is 1. The summed E-state index contributed by atoms with van der Waals surface area (Å²) in [6, 6.07) is 6.77. The second-order valence-corrected chi connectivity index (χ2v) is 6.86. The number of aromatic nitrogens is 3. The van der Waals surface area contributed by atoms with Crippen LogP contribution < -0.4 is 5.32 Å². The minimum absolute atomic E-state index is 0.131. The highest BCUT2D eigenvalue weighted by atomic mass is 16.4. The number of hydrogen-bond donors (Lipinski definition) is 3. The number of fused-ring (bicyclic) bond motifs is 1. The molecule has 3 N–H and O–H groups in total. The highest BCUT2D eigenvalue weighted by Crippen LogP contribution is 2.47. The first kappa shape index (κ1) is 16.4. The van der Waals surface area contributed by atoms with Crippen molar-refractivity contribution in [3.05, 3.63) is 54.0 Å². The van der Waals surface area contributed by atoms with E-state index in [4.69, 9.17) is 0 Å². The Bertz CT molecular complexity index is 974. The number of H-pyrrole nitrogens is 1. The van der Waals surface area contributed by atoms with E-state index >= 15 is 0 Å². The largest absolute Gasteiger partial charge is 0.480 e. The van der Waals surface area contributed by atoms with E-state index in [9.17, 15) is 14.7 Å². The van der Waals surface area contributed by atoms with Gasteiger partial charge in [0, 0.05) is 42.7 Å². The average molecular weight is 352 g/mol. The zero-order chi connectivity index (χ0) is 18.3. The number of carboxylic acid groups (broad SMARTS) is 1. The topological polar surface area (TPSA) is 100 Å². The average Bonchev–Trinajstić information content (AvgIpc) is 3.15. The Balaban J connectivity index is 1.44. The summed E-state index contributed by atoms with van der Waals surface area (Å²) in [5, 5.41) is 17.4. The first-order valence-electron chi connectivity index (χ1n) is 8.59. The predicted molar refractivity (Wildman–Crippen MR) is 95.6 cm³/mol. The molecule has 1 amide bonds. The van der Waals surface area contributed by atoms with Crippen molar-refractivity contribution in [3.8, 4) is 0 Å². The van der Waals surface area contributed by atoms with Crippen molar-refractivity contribution in [1.29, 1.82) is 0 Å². The van der Waals surface area contributed by atoms with Crippen molar-refractivity contribution in [1.82, 2.24) is 20.1 Å². The Morgan fingerprint density at radius 3 is 2.96 bits per heavy atom. The van der Waals surface area contributed by atoms with E-state index in [0.717, 1.165) is 28.5 Å². The third-order valence-corrected chi connectivity index (χ3v) is 4.99. The van der Waals surface area contributed by atoms with Gasteiger partial charge < -0.3 is 15.4 Å². The lowest BCUT2D eigenvalue weighted by Gasteiger charge is -2.14. The van der Waals surface area contributed by atoms with Crippen LogP contribution in [0, 0.1) is 5.92 Å². The van der Waals surface area contributed by atoms with Crippen LogP contribution in [0.3, 0.4) is 0 Å². The van der Waals surface area contributed by atoms with Crippen molar-refractivity contribution in [2.45, 2.75) is 24.8 Å². The summed E-state index contributed by atoms with van der Waals surface area (Å²) in [5.41, 5.74) is 2.86. The molecule has 0 radical (unpaired) electrons. The molecule has 1 aromatic carbocycles. The molecule has 3 aromatic rings. The van der Waals surface area contributed by atoms with E-state index in [1.807, 2.05) is 43.7 Å².